The van der Waals surface area contributed by atoms with E-state index in [2.05, 4.69) is 47.6 Å². The summed E-state index contributed by atoms with van der Waals surface area (Å²) >= 11 is 4.75. The summed E-state index contributed by atoms with van der Waals surface area (Å²) in [6.07, 6.45) is 4.65. The molecule has 1 aliphatic carbocycles. The highest BCUT2D eigenvalue weighted by atomic mass is 79.9. The average molecular weight is 466 g/mol. The fourth-order valence-electron chi connectivity index (χ4n) is 3.38. The number of hydrogen-bond donors (Lipinski definition) is 2. The Morgan fingerprint density at radius 3 is 2.75 bits per heavy atom. The zero-order valence-electron chi connectivity index (χ0n) is 16.2. The van der Waals surface area contributed by atoms with E-state index < -0.39 is 5.91 Å². The van der Waals surface area contributed by atoms with E-state index in [0.29, 0.717) is 15.3 Å². The van der Waals surface area contributed by atoms with E-state index in [1.54, 1.807) is 6.07 Å². The van der Waals surface area contributed by atoms with Gasteiger partial charge in [-0.15, -0.1) is 11.3 Å². The Morgan fingerprint density at radius 2 is 2.04 bits per heavy atom. The lowest BCUT2D eigenvalue weighted by Gasteiger charge is -2.33. The number of thiophene rings is 1. The Bertz CT molecular complexity index is 958. The molecule has 0 spiro atoms. The largest absolute Gasteiger partial charge is 0.305 e. The first-order valence-corrected chi connectivity index (χ1v) is 10.8. The summed E-state index contributed by atoms with van der Waals surface area (Å²) in [7, 11) is 0. The third-order valence-electron chi connectivity index (χ3n) is 5.11. The van der Waals surface area contributed by atoms with Crippen LogP contribution in [0.5, 0.6) is 0 Å². The normalized spacial score (nSPS) is 16.4. The number of aryl methyl sites for hydroxylation is 1. The molecular formula is C20H24BrN3O3S. The van der Waals surface area contributed by atoms with Gasteiger partial charge in [-0.25, -0.2) is 0 Å². The first kappa shape index (κ1) is 20.8. The van der Waals surface area contributed by atoms with Crippen molar-refractivity contribution < 1.29 is 9.59 Å². The lowest BCUT2D eigenvalue weighted by Crippen LogP contribution is -2.43. The molecule has 8 heteroatoms. The summed E-state index contributed by atoms with van der Waals surface area (Å²) in [4.78, 5) is 38.1. The van der Waals surface area contributed by atoms with Crippen molar-refractivity contribution >= 4 is 39.1 Å². The van der Waals surface area contributed by atoms with Crippen molar-refractivity contribution in [1.29, 1.82) is 0 Å². The molecule has 0 aliphatic heterocycles. The number of carbonyl (C=O) groups is 2. The summed E-state index contributed by atoms with van der Waals surface area (Å²) in [6, 6.07) is 4.93. The van der Waals surface area contributed by atoms with Gasteiger partial charge in [0.15, 0.2) is 0 Å². The van der Waals surface area contributed by atoms with Crippen molar-refractivity contribution in [3.8, 4) is 0 Å². The lowest BCUT2D eigenvalue weighted by molar-refractivity contribution is -0.122. The molecule has 0 saturated carbocycles. The minimum atomic E-state index is -0.470. The number of carbonyl (C=O) groups excluding carboxylic acids is 2. The van der Waals surface area contributed by atoms with E-state index in [4.69, 9.17) is 0 Å². The van der Waals surface area contributed by atoms with E-state index in [0.717, 1.165) is 19.3 Å². The summed E-state index contributed by atoms with van der Waals surface area (Å²) in [5.41, 5.74) is 6.04. The van der Waals surface area contributed by atoms with E-state index in [9.17, 15) is 14.4 Å². The zero-order valence-corrected chi connectivity index (χ0v) is 18.6. The Kier molecular flexibility index (Phi) is 6.09. The Labute approximate surface area is 176 Å². The third-order valence-corrected chi connectivity index (χ3v) is 6.81. The summed E-state index contributed by atoms with van der Waals surface area (Å²) in [6.45, 7) is 6.60. The summed E-state index contributed by atoms with van der Waals surface area (Å²) in [5, 5.41) is 0. The van der Waals surface area contributed by atoms with Crippen molar-refractivity contribution in [3.63, 3.8) is 0 Å². The van der Waals surface area contributed by atoms with Crippen LogP contribution in [-0.4, -0.2) is 16.4 Å². The standard InChI is InChI=1S/C20H24BrN3O3S/c1-20(2,3)13-4-6-15-12(8-13)9-16(28-15)19(27)23-22-17(25)11-24-10-14(21)5-7-18(24)26/h5,7,9-10,13H,4,6,8,11H2,1-3H3,(H,22,25)(H,23,27). The predicted octanol–water partition coefficient (Wildman–Crippen LogP) is 3.28. The van der Waals surface area contributed by atoms with Crippen LogP contribution >= 0.6 is 27.3 Å². The van der Waals surface area contributed by atoms with Gasteiger partial charge in [0.05, 0.1) is 4.88 Å². The predicted molar refractivity (Wildman–Crippen MR) is 113 cm³/mol. The molecule has 0 radical (unpaired) electrons. The number of hydrogen-bond acceptors (Lipinski definition) is 4. The van der Waals surface area contributed by atoms with Crippen molar-refractivity contribution in [3.05, 3.63) is 54.5 Å². The van der Waals surface area contributed by atoms with Crippen molar-refractivity contribution in [1.82, 2.24) is 15.4 Å². The van der Waals surface area contributed by atoms with Crippen LogP contribution in [0, 0.1) is 11.3 Å². The van der Waals surface area contributed by atoms with Gasteiger partial charge in [0.2, 0.25) is 0 Å². The highest BCUT2D eigenvalue weighted by Gasteiger charge is 2.30. The van der Waals surface area contributed by atoms with Gasteiger partial charge in [-0.05, 0) is 64.2 Å². The number of pyridine rings is 1. The number of amides is 2. The van der Waals surface area contributed by atoms with Crippen molar-refractivity contribution in [2.24, 2.45) is 11.3 Å². The van der Waals surface area contributed by atoms with Crippen LogP contribution in [-0.2, 0) is 24.2 Å². The molecule has 0 bridgehead atoms. The molecule has 2 aromatic rings. The van der Waals surface area contributed by atoms with Gasteiger partial charge in [-0.2, -0.15) is 0 Å². The number of hydrazine groups is 1. The van der Waals surface area contributed by atoms with Gasteiger partial charge in [-0.3, -0.25) is 25.2 Å². The molecular weight excluding hydrogens is 442 g/mol. The second kappa shape index (κ2) is 8.21. The maximum Gasteiger partial charge on any atom is 0.279 e. The minimum Gasteiger partial charge on any atom is -0.305 e. The van der Waals surface area contributed by atoms with Crippen LogP contribution in [0.3, 0.4) is 0 Å². The first-order chi connectivity index (χ1) is 13.1. The Morgan fingerprint density at radius 1 is 1.29 bits per heavy atom. The van der Waals surface area contributed by atoms with E-state index in [1.807, 2.05) is 6.07 Å². The van der Waals surface area contributed by atoms with E-state index >= 15 is 0 Å². The number of nitrogens with zero attached hydrogens (tertiary/aromatic N) is 1. The quantitative estimate of drug-likeness (QED) is 0.682. The van der Waals surface area contributed by atoms with E-state index in [-0.39, 0.29) is 23.4 Å². The Hall–Kier alpha value is -1.93. The fourth-order valence-corrected chi connectivity index (χ4v) is 4.87. The monoisotopic (exact) mass is 465 g/mol. The van der Waals surface area contributed by atoms with Gasteiger partial charge >= 0.3 is 0 Å². The van der Waals surface area contributed by atoms with Gasteiger partial charge in [-0.1, -0.05) is 20.8 Å². The highest BCUT2D eigenvalue weighted by Crippen LogP contribution is 2.40. The molecule has 2 amide bonds. The second-order valence-electron chi connectivity index (χ2n) is 8.18. The van der Waals surface area contributed by atoms with Crippen LogP contribution in [0.4, 0.5) is 0 Å². The number of fused-ring (bicyclic) bond motifs is 1. The minimum absolute atomic E-state index is 0.174. The molecule has 0 aromatic carbocycles. The van der Waals surface area contributed by atoms with Crippen LogP contribution in [0.2, 0.25) is 0 Å². The second-order valence-corrected chi connectivity index (χ2v) is 10.2. The molecule has 2 heterocycles. The topological polar surface area (TPSA) is 80.2 Å². The smallest absolute Gasteiger partial charge is 0.279 e. The molecule has 1 atom stereocenters. The molecule has 150 valence electrons. The van der Waals surface area contributed by atoms with Crippen LogP contribution in [0.15, 0.2) is 33.7 Å². The fraction of sp³-hybridized carbons (Fsp3) is 0.450. The number of aromatic nitrogens is 1. The summed E-state index contributed by atoms with van der Waals surface area (Å²) < 4.78 is 1.96. The maximum atomic E-state index is 12.4. The van der Waals surface area contributed by atoms with Gasteiger partial charge < -0.3 is 4.57 Å². The molecule has 0 saturated heterocycles. The average Bonchev–Trinajstić information content (AvgIpc) is 3.05. The lowest BCUT2D eigenvalue weighted by atomic mass is 9.72. The first-order valence-electron chi connectivity index (χ1n) is 9.20. The molecule has 2 N–H and O–H groups in total. The zero-order chi connectivity index (χ0) is 20.5. The van der Waals surface area contributed by atoms with Crippen LogP contribution in [0.25, 0.3) is 0 Å². The molecule has 1 unspecified atom stereocenters. The number of halogens is 1. The molecule has 2 aromatic heterocycles. The van der Waals surface area contributed by atoms with Crippen LogP contribution in [0.1, 0.15) is 47.3 Å². The van der Waals surface area contributed by atoms with Crippen molar-refractivity contribution in [2.75, 3.05) is 0 Å². The molecule has 6 nitrogen and oxygen atoms in total. The van der Waals surface area contributed by atoms with Gasteiger partial charge in [0.1, 0.15) is 6.54 Å². The van der Waals surface area contributed by atoms with Crippen molar-refractivity contribution in [2.45, 2.75) is 46.6 Å². The number of nitrogens with one attached hydrogen (secondary N) is 2. The number of rotatable bonds is 3. The molecule has 28 heavy (non-hydrogen) atoms. The van der Waals surface area contributed by atoms with Gasteiger partial charge in [0.25, 0.3) is 17.4 Å². The van der Waals surface area contributed by atoms with E-state index in [1.165, 1.54) is 38.6 Å². The maximum absolute atomic E-state index is 12.4. The SMILES string of the molecule is CC(C)(C)C1CCc2sc(C(=O)NNC(=O)Cn3cc(Br)ccc3=O)cc2C1. The third kappa shape index (κ3) is 4.91. The highest BCUT2D eigenvalue weighted by molar-refractivity contribution is 9.10. The van der Waals surface area contributed by atoms with Crippen LogP contribution < -0.4 is 16.4 Å². The molecule has 0 fully saturated rings. The van der Waals surface area contributed by atoms with Gasteiger partial charge in [0, 0.05) is 21.6 Å². The Balaban J connectivity index is 1.59. The molecule has 1 aliphatic rings. The molecule has 3 rings (SSSR count). The summed E-state index contributed by atoms with van der Waals surface area (Å²) in [5.74, 6) is -0.196.